The Balaban J connectivity index is 2.02. The van der Waals surface area contributed by atoms with Crippen molar-refractivity contribution < 1.29 is 5.73 Å². The SMILES string of the molecule is CCn1ccc2nc(-c3ccc(C[NH3+])cc3)c(-c3ccccc3)cc2c1=O. The molecule has 27 heavy (non-hydrogen) atoms. The largest absolute Gasteiger partial charge is 0.354 e. The first-order chi connectivity index (χ1) is 13.2. The van der Waals surface area contributed by atoms with Crippen molar-refractivity contribution in [1.29, 1.82) is 0 Å². The zero-order valence-corrected chi connectivity index (χ0v) is 15.4. The topological polar surface area (TPSA) is 62.5 Å². The summed E-state index contributed by atoms with van der Waals surface area (Å²) in [6.45, 7) is 3.37. The number of pyridine rings is 2. The molecule has 2 heterocycles. The molecule has 3 N–H and O–H groups in total. The van der Waals surface area contributed by atoms with Gasteiger partial charge in [-0.25, -0.2) is 4.98 Å². The van der Waals surface area contributed by atoms with Crippen LogP contribution in [0.1, 0.15) is 12.5 Å². The Morgan fingerprint density at radius 1 is 0.963 bits per heavy atom. The van der Waals surface area contributed by atoms with Crippen LogP contribution in [0.2, 0.25) is 0 Å². The van der Waals surface area contributed by atoms with Gasteiger partial charge in [-0.15, -0.1) is 0 Å². The Bertz CT molecular complexity index is 1150. The Labute approximate surface area is 157 Å². The summed E-state index contributed by atoms with van der Waals surface area (Å²) in [7, 11) is 0. The second-order valence-corrected chi connectivity index (χ2v) is 6.54. The van der Waals surface area contributed by atoms with Crippen molar-refractivity contribution in [3.05, 3.63) is 88.8 Å². The molecular formula is C23H22N3O+. The molecule has 2 aromatic carbocycles. The summed E-state index contributed by atoms with van der Waals surface area (Å²) < 4.78 is 1.71. The average Bonchev–Trinajstić information content (AvgIpc) is 2.74. The van der Waals surface area contributed by atoms with Crippen LogP contribution in [-0.2, 0) is 13.1 Å². The van der Waals surface area contributed by atoms with Gasteiger partial charge >= 0.3 is 0 Å². The van der Waals surface area contributed by atoms with Gasteiger partial charge in [-0.05, 0) is 24.6 Å². The van der Waals surface area contributed by atoms with Crippen molar-refractivity contribution in [2.45, 2.75) is 20.0 Å². The highest BCUT2D eigenvalue weighted by atomic mass is 16.1. The van der Waals surface area contributed by atoms with Gasteiger partial charge in [0.2, 0.25) is 0 Å². The molecule has 0 unspecified atom stereocenters. The summed E-state index contributed by atoms with van der Waals surface area (Å²) in [5.74, 6) is 0. The predicted octanol–water partition coefficient (Wildman–Crippen LogP) is 3.49. The number of hydrogen-bond donors (Lipinski definition) is 1. The molecule has 134 valence electrons. The molecule has 4 nitrogen and oxygen atoms in total. The van der Waals surface area contributed by atoms with Gasteiger partial charge < -0.3 is 10.3 Å². The van der Waals surface area contributed by atoms with Gasteiger partial charge in [0.1, 0.15) is 0 Å². The normalized spacial score (nSPS) is 11.0. The van der Waals surface area contributed by atoms with E-state index < -0.39 is 0 Å². The molecule has 2 aromatic heterocycles. The van der Waals surface area contributed by atoms with Crippen LogP contribution in [0.5, 0.6) is 0 Å². The Kier molecular flexibility index (Phi) is 4.57. The highest BCUT2D eigenvalue weighted by Gasteiger charge is 2.14. The molecule has 0 aliphatic carbocycles. The third-order valence-corrected chi connectivity index (χ3v) is 4.90. The van der Waals surface area contributed by atoms with Gasteiger partial charge in [0.15, 0.2) is 0 Å². The molecule has 0 saturated heterocycles. The number of fused-ring (bicyclic) bond motifs is 1. The number of benzene rings is 2. The van der Waals surface area contributed by atoms with Crippen molar-refractivity contribution in [2.24, 2.45) is 0 Å². The molecule has 4 rings (SSSR count). The maximum atomic E-state index is 12.8. The maximum Gasteiger partial charge on any atom is 0.260 e. The molecule has 4 aromatic rings. The van der Waals surface area contributed by atoms with Crippen LogP contribution in [-0.4, -0.2) is 9.55 Å². The number of aromatic nitrogens is 2. The highest BCUT2D eigenvalue weighted by molar-refractivity contribution is 5.91. The van der Waals surface area contributed by atoms with E-state index >= 15 is 0 Å². The van der Waals surface area contributed by atoms with Gasteiger partial charge in [-0.1, -0.05) is 54.6 Å². The molecule has 0 atom stereocenters. The van der Waals surface area contributed by atoms with Gasteiger partial charge in [-0.2, -0.15) is 0 Å². The number of nitrogens with zero attached hydrogens (tertiary/aromatic N) is 2. The molecule has 0 saturated carbocycles. The van der Waals surface area contributed by atoms with Crippen molar-refractivity contribution in [3.8, 4) is 22.4 Å². The second-order valence-electron chi connectivity index (χ2n) is 6.54. The number of hydrogen-bond acceptors (Lipinski definition) is 2. The lowest BCUT2D eigenvalue weighted by Gasteiger charge is -2.12. The molecule has 0 spiro atoms. The molecule has 0 amide bonds. The first-order valence-corrected chi connectivity index (χ1v) is 9.19. The van der Waals surface area contributed by atoms with Crippen molar-refractivity contribution in [3.63, 3.8) is 0 Å². The zero-order chi connectivity index (χ0) is 18.8. The molecule has 0 aliphatic heterocycles. The summed E-state index contributed by atoms with van der Waals surface area (Å²) in [4.78, 5) is 17.7. The maximum absolute atomic E-state index is 12.8. The standard InChI is InChI=1S/C23H21N3O/c1-2-26-13-12-21-20(23(26)27)14-19(17-6-4-3-5-7-17)22(25-21)18-10-8-16(15-24)9-11-18/h3-14H,2,15,24H2,1H3/p+1. The van der Waals surface area contributed by atoms with Crippen molar-refractivity contribution >= 4 is 10.9 Å². The molecular weight excluding hydrogens is 334 g/mol. The smallest absolute Gasteiger partial charge is 0.260 e. The minimum absolute atomic E-state index is 0.00126. The molecule has 0 fully saturated rings. The predicted molar refractivity (Wildman–Crippen MR) is 109 cm³/mol. The monoisotopic (exact) mass is 356 g/mol. The van der Waals surface area contributed by atoms with Gasteiger partial charge in [0, 0.05) is 29.4 Å². The Morgan fingerprint density at radius 2 is 1.70 bits per heavy atom. The van der Waals surface area contributed by atoms with Gasteiger partial charge in [0.25, 0.3) is 5.56 Å². The van der Waals surface area contributed by atoms with Crippen LogP contribution in [0.25, 0.3) is 33.3 Å². The lowest BCUT2D eigenvalue weighted by atomic mass is 9.97. The van der Waals surface area contributed by atoms with Crippen LogP contribution < -0.4 is 11.3 Å². The summed E-state index contributed by atoms with van der Waals surface area (Å²) in [6, 6.07) is 22.3. The van der Waals surface area contributed by atoms with Crippen molar-refractivity contribution in [2.75, 3.05) is 0 Å². The summed E-state index contributed by atoms with van der Waals surface area (Å²) >= 11 is 0. The van der Waals surface area contributed by atoms with E-state index in [1.165, 1.54) is 5.56 Å². The van der Waals surface area contributed by atoms with E-state index in [9.17, 15) is 4.79 Å². The van der Waals surface area contributed by atoms with E-state index in [1.54, 1.807) is 4.57 Å². The van der Waals surface area contributed by atoms with Crippen molar-refractivity contribution in [1.82, 2.24) is 9.55 Å². The Morgan fingerprint density at radius 3 is 2.37 bits per heavy atom. The first-order valence-electron chi connectivity index (χ1n) is 9.19. The molecule has 0 bridgehead atoms. The first kappa shape index (κ1) is 17.2. The molecule has 4 heteroatoms. The van der Waals surface area contributed by atoms with Crippen LogP contribution in [0, 0.1) is 0 Å². The van der Waals surface area contributed by atoms with E-state index in [4.69, 9.17) is 4.98 Å². The van der Waals surface area contributed by atoms with Crippen LogP contribution >= 0.6 is 0 Å². The number of rotatable bonds is 4. The number of quaternary nitrogens is 1. The summed E-state index contributed by atoms with van der Waals surface area (Å²) in [6.07, 6.45) is 1.81. The lowest BCUT2D eigenvalue weighted by Crippen LogP contribution is -2.47. The molecule has 0 aliphatic rings. The minimum atomic E-state index is -0.00126. The third kappa shape index (κ3) is 3.15. The van der Waals surface area contributed by atoms with E-state index in [-0.39, 0.29) is 5.56 Å². The third-order valence-electron chi connectivity index (χ3n) is 4.90. The number of aryl methyl sites for hydroxylation is 1. The zero-order valence-electron chi connectivity index (χ0n) is 15.4. The summed E-state index contributed by atoms with van der Waals surface area (Å²) in [5.41, 5.74) is 9.79. The summed E-state index contributed by atoms with van der Waals surface area (Å²) in [5, 5.41) is 0.649. The molecule has 0 radical (unpaired) electrons. The Hall–Kier alpha value is -3.24. The van der Waals surface area contributed by atoms with E-state index in [0.29, 0.717) is 11.9 Å². The lowest BCUT2D eigenvalue weighted by molar-refractivity contribution is -0.386. The fourth-order valence-electron chi connectivity index (χ4n) is 3.34. The van der Waals surface area contributed by atoms with E-state index in [0.717, 1.165) is 34.4 Å². The van der Waals surface area contributed by atoms with E-state index in [1.807, 2.05) is 43.5 Å². The van der Waals surface area contributed by atoms with Crippen LogP contribution in [0.15, 0.2) is 77.7 Å². The fourth-order valence-corrected chi connectivity index (χ4v) is 3.34. The van der Waals surface area contributed by atoms with Gasteiger partial charge in [0.05, 0.1) is 23.1 Å². The minimum Gasteiger partial charge on any atom is -0.354 e. The van der Waals surface area contributed by atoms with Crippen LogP contribution in [0.4, 0.5) is 0 Å². The second kappa shape index (κ2) is 7.17. The van der Waals surface area contributed by atoms with Gasteiger partial charge in [-0.3, -0.25) is 4.79 Å². The fraction of sp³-hybridized carbons (Fsp3) is 0.130. The quantitative estimate of drug-likeness (QED) is 0.608. The van der Waals surface area contributed by atoms with E-state index in [2.05, 4.69) is 42.1 Å². The van der Waals surface area contributed by atoms with Crippen LogP contribution in [0.3, 0.4) is 0 Å². The highest BCUT2D eigenvalue weighted by Crippen LogP contribution is 2.32. The average molecular weight is 356 g/mol.